The molecule has 124 valence electrons. The highest BCUT2D eigenvalue weighted by Gasteiger charge is 2.43. The van der Waals surface area contributed by atoms with Gasteiger partial charge in [-0.1, -0.05) is 6.07 Å². The van der Waals surface area contributed by atoms with E-state index in [1.807, 2.05) is 0 Å². The van der Waals surface area contributed by atoms with E-state index in [1.165, 1.54) is 11.0 Å². The fourth-order valence-electron chi connectivity index (χ4n) is 3.03. The first-order valence-electron chi connectivity index (χ1n) is 7.32. The van der Waals surface area contributed by atoms with Gasteiger partial charge in [0.05, 0.1) is 10.8 Å². The molecule has 1 saturated heterocycles. The summed E-state index contributed by atoms with van der Waals surface area (Å²) in [7, 11) is 0. The Kier molecular flexibility index (Phi) is 4.08. The molecule has 0 aliphatic carbocycles. The van der Waals surface area contributed by atoms with Crippen molar-refractivity contribution in [2.45, 2.75) is 25.9 Å². The number of thiophene rings is 1. The van der Waals surface area contributed by atoms with Crippen LogP contribution in [0.4, 0.5) is 17.6 Å². The zero-order valence-corrected chi connectivity index (χ0v) is 13.2. The molecule has 7 heteroatoms. The molecular formula is C16H15F4NOS. The third-order valence-electron chi connectivity index (χ3n) is 4.27. The van der Waals surface area contributed by atoms with E-state index in [1.54, 1.807) is 19.1 Å². The number of nitrogens with zero attached hydrogens (tertiary/aromatic N) is 1. The highest BCUT2D eigenvalue weighted by Crippen LogP contribution is 2.36. The molecule has 1 aromatic carbocycles. The average molecular weight is 345 g/mol. The molecule has 1 aromatic heterocycles. The molecule has 0 bridgehead atoms. The van der Waals surface area contributed by atoms with Gasteiger partial charge in [0, 0.05) is 23.2 Å². The standard InChI is InChI=1S/C16H15F4NOS/c1-9-13-11(17)5-2-6-12(13)23-14(9)15(22)21-7-3-4-10(8-21)16(18,19)20/h2,5-6,10H,3-4,7-8H2,1H3/t10-/m0/s1. The lowest BCUT2D eigenvalue weighted by atomic mass is 9.97. The highest BCUT2D eigenvalue weighted by molar-refractivity contribution is 7.21. The Bertz CT molecular complexity index is 752. The number of halogens is 4. The van der Waals surface area contributed by atoms with Gasteiger partial charge >= 0.3 is 6.18 Å². The minimum Gasteiger partial charge on any atom is -0.337 e. The SMILES string of the molecule is Cc1c(C(=O)N2CCC[C@H](C(F)(F)F)C2)sc2cccc(F)c12. The second-order valence-corrected chi connectivity index (χ2v) is 6.85. The Morgan fingerprint density at radius 3 is 2.74 bits per heavy atom. The third kappa shape index (κ3) is 2.94. The summed E-state index contributed by atoms with van der Waals surface area (Å²) in [6.45, 7) is 1.63. The van der Waals surface area contributed by atoms with Gasteiger partial charge in [-0.3, -0.25) is 4.79 Å². The number of hydrogen-bond donors (Lipinski definition) is 0. The molecule has 3 rings (SSSR count). The maximum absolute atomic E-state index is 13.9. The van der Waals surface area contributed by atoms with Crippen LogP contribution < -0.4 is 0 Å². The minimum absolute atomic E-state index is 0.0489. The van der Waals surface area contributed by atoms with E-state index in [0.29, 0.717) is 33.5 Å². The number of amides is 1. The van der Waals surface area contributed by atoms with Gasteiger partial charge in [-0.25, -0.2) is 4.39 Å². The second kappa shape index (κ2) is 5.78. The summed E-state index contributed by atoms with van der Waals surface area (Å²) in [5.74, 6) is -2.33. The number of piperidine rings is 1. The number of rotatable bonds is 1. The maximum Gasteiger partial charge on any atom is 0.393 e. The predicted molar refractivity (Wildman–Crippen MR) is 81.2 cm³/mol. The molecular weight excluding hydrogens is 330 g/mol. The summed E-state index contributed by atoms with van der Waals surface area (Å²) in [4.78, 5) is 14.2. The molecule has 0 spiro atoms. The van der Waals surface area contributed by atoms with Crippen LogP contribution in [0.1, 0.15) is 28.1 Å². The number of fused-ring (bicyclic) bond motifs is 1. The first-order valence-corrected chi connectivity index (χ1v) is 8.14. The Labute approximate surface area is 134 Å². The molecule has 1 aliphatic heterocycles. The molecule has 1 fully saturated rings. The lowest BCUT2D eigenvalue weighted by Gasteiger charge is -2.33. The Hall–Kier alpha value is -1.63. The molecule has 0 N–H and O–H groups in total. The van der Waals surface area contributed by atoms with Crippen molar-refractivity contribution >= 4 is 27.3 Å². The first kappa shape index (κ1) is 16.2. The summed E-state index contributed by atoms with van der Waals surface area (Å²) < 4.78 is 53.2. The van der Waals surface area contributed by atoms with Crippen LogP contribution >= 0.6 is 11.3 Å². The fraction of sp³-hybridized carbons (Fsp3) is 0.438. The van der Waals surface area contributed by atoms with Gasteiger partial charge in [0.15, 0.2) is 0 Å². The molecule has 2 heterocycles. The average Bonchev–Trinajstić information content (AvgIpc) is 2.84. The summed E-state index contributed by atoms with van der Waals surface area (Å²) in [5.41, 5.74) is 0.502. The van der Waals surface area contributed by atoms with E-state index < -0.39 is 23.8 Å². The van der Waals surface area contributed by atoms with Gasteiger partial charge in [-0.2, -0.15) is 13.2 Å². The van der Waals surface area contributed by atoms with Crippen molar-refractivity contribution in [3.8, 4) is 0 Å². The van der Waals surface area contributed by atoms with Crippen LogP contribution in [0.15, 0.2) is 18.2 Å². The zero-order chi connectivity index (χ0) is 16.8. The quantitative estimate of drug-likeness (QED) is 0.682. The Morgan fingerprint density at radius 1 is 1.35 bits per heavy atom. The third-order valence-corrected chi connectivity index (χ3v) is 5.51. The van der Waals surface area contributed by atoms with E-state index in [9.17, 15) is 22.4 Å². The molecule has 2 aromatic rings. The molecule has 23 heavy (non-hydrogen) atoms. The van der Waals surface area contributed by atoms with Gasteiger partial charge in [0.1, 0.15) is 5.82 Å². The van der Waals surface area contributed by atoms with E-state index in [2.05, 4.69) is 0 Å². The Morgan fingerprint density at radius 2 is 2.09 bits per heavy atom. The second-order valence-electron chi connectivity index (χ2n) is 5.80. The number of aryl methyl sites for hydroxylation is 1. The van der Waals surface area contributed by atoms with Gasteiger partial charge in [0.2, 0.25) is 0 Å². The van der Waals surface area contributed by atoms with Gasteiger partial charge in [0.25, 0.3) is 5.91 Å². The van der Waals surface area contributed by atoms with E-state index >= 15 is 0 Å². The van der Waals surface area contributed by atoms with Crippen molar-refractivity contribution in [1.82, 2.24) is 4.90 Å². The number of carbonyl (C=O) groups is 1. The van der Waals surface area contributed by atoms with Crippen LogP contribution in [0.2, 0.25) is 0 Å². The van der Waals surface area contributed by atoms with E-state index in [-0.39, 0.29) is 13.0 Å². The lowest BCUT2D eigenvalue weighted by molar-refractivity contribution is -0.184. The number of benzene rings is 1. The van der Waals surface area contributed by atoms with Gasteiger partial charge in [-0.05, 0) is 37.5 Å². The van der Waals surface area contributed by atoms with Gasteiger partial charge < -0.3 is 4.90 Å². The van der Waals surface area contributed by atoms with Crippen LogP contribution in [0.25, 0.3) is 10.1 Å². The monoisotopic (exact) mass is 345 g/mol. The maximum atomic E-state index is 13.9. The van der Waals surface area contributed by atoms with Gasteiger partial charge in [-0.15, -0.1) is 11.3 Å². The number of alkyl halides is 3. The van der Waals surface area contributed by atoms with Crippen molar-refractivity contribution < 1.29 is 22.4 Å². The van der Waals surface area contributed by atoms with Crippen LogP contribution in [0, 0.1) is 18.7 Å². The van der Waals surface area contributed by atoms with Crippen molar-refractivity contribution in [1.29, 1.82) is 0 Å². The first-order chi connectivity index (χ1) is 10.8. The molecule has 0 unspecified atom stereocenters. The topological polar surface area (TPSA) is 20.3 Å². The van der Waals surface area contributed by atoms with Crippen LogP contribution in [0.3, 0.4) is 0 Å². The van der Waals surface area contributed by atoms with E-state index in [4.69, 9.17) is 0 Å². The Balaban J connectivity index is 1.92. The van der Waals surface area contributed by atoms with Crippen LogP contribution in [0.5, 0.6) is 0 Å². The number of hydrogen-bond acceptors (Lipinski definition) is 2. The minimum atomic E-state index is -4.29. The van der Waals surface area contributed by atoms with Crippen molar-refractivity contribution in [3.05, 3.63) is 34.5 Å². The number of likely N-dealkylation sites (tertiary alicyclic amines) is 1. The highest BCUT2D eigenvalue weighted by atomic mass is 32.1. The van der Waals surface area contributed by atoms with E-state index in [0.717, 1.165) is 11.3 Å². The van der Waals surface area contributed by atoms with Crippen LogP contribution in [-0.4, -0.2) is 30.1 Å². The van der Waals surface area contributed by atoms with Crippen molar-refractivity contribution in [2.24, 2.45) is 5.92 Å². The summed E-state index contributed by atoms with van der Waals surface area (Å²) in [6.07, 6.45) is -3.91. The molecule has 1 amide bonds. The summed E-state index contributed by atoms with van der Waals surface area (Å²) >= 11 is 1.14. The molecule has 1 aliphatic rings. The fourth-order valence-corrected chi connectivity index (χ4v) is 4.22. The lowest BCUT2D eigenvalue weighted by Crippen LogP contribution is -2.44. The smallest absolute Gasteiger partial charge is 0.337 e. The number of carbonyl (C=O) groups excluding carboxylic acids is 1. The summed E-state index contributed by atoms with van der Waals surface area (Å²) in [5, 5.41) is 0.380. The van der Waals surface area contributed by atoms with Crippen molar-refractivity contribution in [2.75, 3.05) is 13.1 Å². The molecule has 0 saturated carbocycles. The summed E-state index contributed by atoms with van der Waals surface area (Å²) in [6, 6.07) is 4.58. The normalized spacial score (nSPS) is 19.3. The van der Waals surface area contributed by atoms with Crippen LogP contribution in [-0.2, 0) is 0 Å². The van der Waals surface area contributed by atoms with Crippen molar-refractivity contribution in [3.63, 3.8) is 0 Å². The molecule has 2 nitrogen and oxygen atoms in total. The molecule has 1 atom stereocenters. The predicted octanol–water partition coefficient (Wildman–Crippen LogP) is 4.76. The largest absolute Gasteiger partial charge is 0.393 e. The zero-order valence-electron chi connectivity index (χ0n) is 12.4. The molecule has 0 radical (unpaired) electrons.